The number of nitro groups is 1. The summed E-state index contributed by atoms with van der Waals surface area (Å²) in [6, 6.07) is 15.6. The Balaban J connectivity index is 1.76. The molecule has 0 aliphatic heterocycles. The molecule has 0 N–H and O–H groups in total. The minimum Gasteiger partial charge on any atom is -0.270 e. The van der Waals surface area contributed by atoms with Crippen molar-refractivity contribution in [3.05, 3.63) is 92.7 Å². The monoisotopic (exact) mass is 457 g/mol. The number of rotatable bonds is 6. The number of hydrogen-bond donors (Lipinski definition) is 0. The smallest absolute Gasteiger partial charge is 0.270 e. The number of aromatic nitrogens is 4. The van der Waals surface area contributed by atoms with Crippen molar-refractivity contribution in [1.29, 1.82) is 0 Å². The molecule has 2 aromatic heterocycles. The lowest BCUT2D eigenvalue weighted by molar-refractivity contribution is -0.385. The highest BCUT2D eigenvalue weighted by Gasteiger charge is 2.19. The Bertz CT molecular complexity index is 1220. The van der Waals surface area contributed by atoms with Crippen LogP contribution in [0.15, 0.2) is 72.1 Å². The molecule has 0 radical (unpaired) electrons. The van der Waals surface area contributed by atoms with Gasteiger partial charge in [0.1, 0.15) is 0 Å². The molecule has 0 aliphatic rings. The molecular weight excluding hydrogens is 445 g/mol. The standard InChI is InChI=1S/C20H13Cl2N5O2S/c21-16-8-7-15(10-17(16)22)26-19(13-5-3-9-23-11-13)24-25-20(26)30-12-14-4-1-2-6-18(14)27(28)29/h1-11H,12H2. The van der Waals surface area contributed by atoms with Crippen molar-refractivity contribution >= 4 is 40.7 Å². The van der Waals surface area contributed by atoms with Crippen molar-refractivity contribution in [3.63, 3.8) is 0 Å². The molecule has 0 amide bonds. The Kier molecular flexibility index (Phi) is 5.98. The average Bonchev–Trinajstić information content (AvgIpc) is 3.19. The molecular formula is C20H13Cl2N5O2S. The van der Waals surface area contributed by atoms with Crippen molar-refractivity contribution in [2.24, 2.45) is 0 Å². The normalized spacial score (nSPS) is 10.9. The lowest BCUT2D eigenvalue weighted by atomic mass is 10.2. The van der Waals surface area contributed by atoms with Crippen molar-refractivity contribution < 1.29 is 4.92 Å². The molecule has 150 valence electrons. The molecule has 4 rings (SSSR count). The van der Waals surface area contributed by atoms with Gasteiger partial charge in [-0.3, -0.25) is 19.7 Å². The van der Waals surface area contributed by atoms with Crippen LogP contribution in [0.5, 0.6) is 0 Å². The molecule has 30 heavy (non-hydrogen) atoms. The number of nitro benzene ring substituents is 1. The quantitative estimate of drug-likeness (QED) is 0.205. The molecule has 4 aromatic rings. The minimum atomic E-state index is -0.388. The van der Waals surface area contributed by atoms with Crippen molar-refractivity contribution in [3.8, 4) is 17.1 Å². The largest absolute Gasteiger partial charge is 0.273 e. The molecule has 0 aliphatic carbocycles. The van der Waals surface area contributed by atoms with Gasteiger partial charge in [0.25, 0.3) is 5.69 Å². The van der Waals surface area contributed by atoms with Crippen LogP contribution in [0.3, 0.4) is 0 Å². The van der Waals surface area contributed by atoms with Gasteiger partial charge in [0, 0.05) is 35.3 Å². The third-order valence-electron chi connectivity index (χ3n) is 4.26. The zero-order chi connectivity index (χ0) is 21.1. The zero-order valence-electron chi connectivity index (χ0n) is 15.3. The fourth-order valence-electron chi connectivity index (χ4n) is 2.86. The number of nitrogens with zero attached hydrogens (tertiary/aromatic N) is 5. The summed E-state index contributed by atoms with van der Waals surface area (Å²) < 4.78 is 1.83. The first-order valence-corrected chi connectivity index (χ1v) is 10.4. The molecule has 10 heteroatoms. The molecule has 2 heterocycles. The van der Waals surface area contributed by atoms with Crippen LogP contribution < -0.4 is 0 Å². The number of pyridine rings is 1. The maximum Gasteiger partial charge on any atom is 0.273 e. The van der Waals surface area contributed by atoms with E-state index >= 15 is 0 Å². The third kappa shape index (κ3) is 4.16. The molecule has 0 saturated carbocycles. The van der Waals surface area contributed by atoms with Gasteiger partial charge in [-0.25, -0.2) is 0 Å². The fraction of sp³-hybridized carbons (Fsp3) is 0.0500. The van der Waals surface area contributed by atoms with Gasteiger partial charge >= 0.3 is 0 Å². The first-order chi connectivity index (χ1) is 14.5. The SMILES string of the molecule is O=[N+]([O-])c1ccccc1CSc1nnc(-c2cccnc2)n1-c1ccc(Cl)c(Cl)c1. The first-order valence-electron chi connectivity index (χ1n) is 8.71. The van der Waals surface area contributed by atoms with E-state index in [0.717, 1.165) is 11.3 Å². The molecule has 2 aromatic carbocycles. The summed E-state index contributed by atoms with van der Waals surface area (Å²) in [5.74, 6) is 0.926. The van der Waals surface area contributed by atoms with Gasteiger partial charge in [-0.05, 0) is 30.3 Å². The number of halogens is 2. The van der Waals surface area contributed by atoms with Crippen LogP contribution in [0.2, 0.25) is 10.0 Å². The topological polar surface area (TPSA) is 86.7 Å². The maximum absolute atomic E-state index is 11.3. The van der Waals surface area contributed by atoms with E-state index in [-0.39, 0.29) is 10.6 Å². The Hall–Kier alpha value is -2.94. The van der Waals surface area contributed by atoms with Gasteiger partial charge in [0.2, 0.25) is 0 Å². The molecule has 0 bridgehead atoms. The van der Waals surface area contributed by atoms with Crippen LogP contribution in [0.4, 0.5) is 5.69 Å². The summed E-state index contributed by atoms with van der Waals surface area (Å²) in [6.45, 7) is 0. The summed E-state index contributed by atoms with van der Waals surface area (Å²) in [7, 11) is 0. The van der Waals surface area contributed by atoms with E-state index in [9.17, 15) is 10.1 Å². The first kappa shape index (κ1) is 20.3. The van der Waals surface area contributed by atoms with Crippen LogP contribution in [-0.2, 0) is 5.75 Å². The van der Waals surface area contributed by atoms with Crippen molar-refractivity contribution in [2.75, 3.05) is 0 Å². The highest BCUT2D eigenvalue weighted by molar-refractivity contribution is 7.98. The Morgan fingerprint density at radius 2 is 1.87 bits per heavy atom. The summed E-state index contributed by atoms with van der Waals surface area (Å²) in [5, 5.41) is 21.3. The van der Waals surface area contributed by atoms with E-state index in [1.165, 1.54) is 17.8 Å². The summed E-state index contributed by atoms with van der Waals surface area (Å²) in [6.07, 6.45) is 3.36. The molecule has 0 atom stereocenters. The zero-order valence-corrected chi connectivity index (χ0v) is 17.6. The van der Waals surface area contributed by atoms with E-state index in [1.54, 1.807) is 42.7 Å². The molecule has 7 nitrogen and oxygen atoms in total. The predicted molar refractivity (Wildman–Crippen MR) is 117 cm³/mol. The van der Waals surface area contributed by atoms with Crippen LogP contribution in [-0.4, -0.2) is 24.7 Å². The second-order valence-corrected chi connectivity index (χ2v) is 7.91. The van der Waals surface area contributed by atoms with Crippen LogP contribution >= 0.6 is 35.0 Å². The number of hydrogen-bond acceptors (Lipinski definition) is 6. The van der Waals surface area contributed by atoms with E-state index in [2.05, 4.69) is 15.2 Å². The summed E-state index contributed by atoms with van der Waals surface area (Å²) >= 11 is 13.6. The summed E-state index contributed by atoms with van der Waals surface area (Å²) in [5.41, 5.74) is 2.16. The Morgan fingerprint density at radius 1 is 1.03 bits per heavy atom. The number of para-hydroxylation sites is 1. The minimum absolute atomic E-state index is 0.0677. The highest BCUT2D eigenvalue weighted by Crippen LogP contribution is 2.33. The van der Waals surface area contributed by atoms with Crippen LogP contribution in [0.25, 0.3) is 17.1 Å². The summed E-state index contributed by atoms with van der Waals surface area (Å²) in [4.78, 5) is 15.1. The molecule has 0 saturated heterocycles. The predicted octanol–water partition coefficient (Wildman–Crippen LogP) is 5.84. The number of thioether (sulfide) groups is 1. The van der Waals surface area contributed by atoms with Crippen LogP contribution in [0.1, 0.15) is 5.56 Å². The van der Waals surface area contributed by atoms with Gasteiger partial charge in [-0.1, -0.05) is 53.2 Å². The highest BCUT2D eigenvalue weighted by atomic mass is 35.5. The van der Waals surface area contributed by atoms with E-state index in [4.69, 9.17) is 23.2 Å². The molecule has 0 fully saturated rings. The van der Waals surface area contributed by atoms with E-state index in [0.29, 0.717) is 32.3 Å². The second-order valence-electron chi connectivity index (χ2n) is 6.16. The van der Waals surface area contributed by atoms with Gasteiger partial charge < -0.3 is 0 Å². The Morgan fingerprint density at radius 3 is 2.60 bits per heavy atom. The van der Waals surface area contributed by atoms with E-state index < -0.39 is 0 Å². The van der Waals surface area contributed by atoms with Gasteiger partial charge in [0.15, 0.2) is 11.0 Å². The molecule has 0 spiro atoms. The van der Waals surface area contributed by atoms with Crippen LogP contribution in [0, 0.1) is 10.1 Å². The van der Waals surface area contributed by atoms with Gasteiger partial charge in [0.05, 0.1) is 20.7 Å². The average molecular weight is 458 g/mol. The number of benzene rings is 2. The van der Waals surface area contributed by atoms with Gasteiger partial charge in [-0.2, -0.15) is 0 Å². The fourth-order valence-corrected chi connectivity index (χ4v) is 4.10. The second kappa shape index (κ2) is 8.83. The third-order valence-corrected chi connectivity index (χ3v) is 5.98. The molecule has 0 unspecified atom stereocenters. The van der Waals surface area contributed by atoms with Crippen molar-refractivity contribution in [2.45, 2.75) is 10.9 Å². The van der Waals surface area contributed by atoms with Crippen molar-refractivity contribution in [1.82, 2.24) is 19.7 Å². The van der Waals surface area contributed by atoms with E-state index in [1.807, 2.05) is 22.8 Å². The maximum atomic E-state index is 11.3. The Labute approximate surface area is 185 Å². The lowest BCUT2D eigenvalue weighted by Gasteiger charge is -2.11. The van der Waals surface area contributed by atoms with Gasteiger partial charge in [-0.15, -0.1) is 10.2 Å². The lowest BCUT2D eigenvalue weighted by Crippen LogP contribution is -2.00.